The molecule has 24 heavy (non-hydrogen) atoms. The molecular formula is C18H19F3N2O. The summed E-state index contributed by atoms with van der Waals surface area (Å²) >= 11 is 0. The van der Waals surface area contributed by atoms with Gasteiger partial charge in [-0.2, -0.15) is 13.2 Å². The zero-order valence-electron chi connectivity index (χ0n) is 14.0. The van der Waals surface area contributed by atoms with Crippen molar-refractivity contribution >= 4 is 11.6 Å². The summed E-state index contributed by atoms with van der Waals surface area (Å²) in [6.45, 7) is 7.94. The minimum Gasteiger partial charge on any atom is -0.321 e. The molecule has 1 N–H and O–H groups in total. The Bertz CT molecular complexity index is 762. The van der Waals surface area contributed by atoms with E-state index in [1.54, 1.807) is 6.07 Å². The van der Waals surface area contributed by atoms with Crippen molar-refractivity contribution in [3.63, 3.8) is 0 Å². The highest BCUT2D eigenvalue weighted by Crippen LogP contribution is 2.30. The highest BCUT2D eigenvalue weighted by Gasteiger charge is 2.31. The summed E-state index contributed by atoms with van der Waals surface area (Å²) in [6.07, 6.45) is -2.99. The second-order valence-corrected chi connectivity index (χ2v) is 6.64. The van der Waals surface area contributed by atoms with E-state index in [0.717, 1.165) is 23.4 Å². The molecule has 1 heterocycles. The maximum atomic E-state index is 12.7. The lowest BCUT2D eigenvalue weighted by atomic mass is 9.86. The number of carbonyl (C=O) groups is 1. The molecule has 3 nitrogen and oxygen atoms in total. The van der Waals surface area contributed by atoms with Gasteiger partial charge >= 0.3 is 6.18 Å². The third-order valence-corrected chi connectivity index (χ3v) is 3.60. The molecular weight excluding hydrogens is 317 g/mol. The quantitative estimate of drug-likeness (QED) is 0.842. The average molecular weight is 336 g/mol. The number of carbonyl (C=O) groups excluding carboxylic acids is 1. The fourth-order valence-corrected chi connectivity index (χ4v) is 2.40. The molecule has 0 atom stereocenters. The molecule has 0 aliphatic carbocycles. The van der Waals surface area contributed by atoms with Crippen molar-refractivity contribution < 1.29 is 18.0 Å². The molecule has 0 saturated heterocycles. The number of benzene rings is 1. The number of hydrogen-bond donors (Lipinski definition) is 1. The molecule has 0 aliphatic heterocycles. The fraction of sp³-hybridized carbons (Fsp3) is 0.333. The lowest BCUT2D eigenvalue weighted by Crippen LogP contribution is -2.17. The summed E-state index contributed by atoms with van der Waals surface area (Å²) in [5.74, 6) is -0.605. The molecule has 0 fully saturated rings. The largest absolute Gasteiger partial charge is 0.416 e. The molecule has 0 saturated carbocycles. The number of rotatable bonds is 2. The number of hydrogen-bond acceptors (Lipinski definition) is 2. The maximum Gasteiger partial charge on any atom is 0.416 e. The van der Waals surface area contributed by atoms with Gasteiger partial charge in [0.05, 0.1) is 17.4 Å². The van der Waals surface area contributed by atoms with Crippen LogP contribution in [0, 0.1) is 6.92 Å². The number of aromatic nitrogens is 1. The number of nitrogens with zero attached hydrogens (tertiary/aromatic N) is 1. The lowest BCUT2D eigenvalue weighted by Gasteiger charge is -2.21. The van der Waals surface area contributed by atoms with Crippen molar-refractivity contribution in [3.8, 4) is 0 Å². The molecule has 2 rings (SSSR count). The molecule has 1 aromatic carbocycles. The van der Waals surface area contributed by atoms with Gasteiger partial charge < -0.3 is 5.32 Å². The van der Waals surface area contributed by atoms with Crippen LogP contribution in [0.1, 0.15) is 48.0 Å². The van der Waals surface area contributed by atoms with Crippen LogP contribution in [0.15, 0.2) is 36.5 Å². The number of aryl methyl sites for hydroxylation is 1. The number of halogens is 3. The van der Waals surface area contributed by atoms with Crippen molar-refractivity contribution in [1.29, 1.82) is 0 Å². The summed E-state index contributed by atoms with van der Waals surface area (Å²) in [5.41, 5.74) is 1.20. The van der Waals surface area contributed by atoms with Crippen LogP contribution in [0.2, 0.25) is 0 Å². The molecule has 2 aromatic rings. The van der Waals surface area contributed by atoms with Crippen LogP contribution in [0.3, 0.4) is 0 Å². The molecule has 1 aromatic heterocycles. The van der Waals surface area contributed by atoms with Gasteiger partial charge in [0.2, 0.25) is 0 Å². The number of anilines is 1. The van der Waals surface area contributed by atoms with Crippen LogP contribution in [-0.2, 0) is 11.6 Å². The van der Waals surface area contributed by atoms with Crippen LogP contribution < -0.4 is 5.32 Å². The summed E-state index contributed by atoms with van der Waals surface area (Å²) in [4.78, 5) is 16.5. The van der Waals surface area contributed by atoms with Gasteiger partial charge in [-0.05, 0) is 42.2 Å². The summed E-state index contributed by atoms with van der Waals surface area (Å²) in [7, 11) is 0. The standard InChI is InChI=1S/C18H19F3N2O/c1-11-15(17(2,3)4)9-14(10-22-11)23-16(24)12-6-5-7-13(8-12)18(19,20)21/h5-10H,1-4H3,(H,23,24). The molecule has 1 amide bonds. The molecule has 0 radical (unpaired) electrons. The Balaban J connectivity index is 2.28. The van der Waals surface area contributed by atoms with Crippen molar-refractivity contribution in [2.75, 3.05) is 5.32 Å². The second-order valence-electron chi connectivity index (χ2n) is 6.64. The fourth-order valence-electron chi connectivity index (χ4n) is 2.40. The normalized spacial score (nSPS) is 12.1. The summed E-state index contributed by atoms with van der Waals surface area (Å²) < 4.78 is 38.2. The summed E-state index contributed by atoms with van der Waals surface area (Å²) in [5, 5.41) is 2.61. The smallest absolute Gasteiger partial charge is 0.321 e. The Morgan fingerprint density at radius 3 is 2.38 bits per heavy atom. The van der Waals surface area contributed by atoms with Gasteiger partial charge in [-0.3, -0.25) is 9.78 Å². The maximum absolute atomic E-state index is 12.7. The van der Waals surface area contributed by atoms with Crippen molar-refractivity contribution in [2.24, 2.45) is 0 Å². The van der Waals surface area contributed by atoms with Gasteiger partial charge in [-0.1, -0.05) is 26.8 Å². The molecule has 128 valence electrons. The van der Waals surface area contributed by atoms with Crippen LogP contribution in [-0.4, -0.2) is 10.9 Å². The van der Waals surface area contributed by atoms with Gasteiger partial charge in [0, 0.05) is 11.3 Å². The topological polar surface area (TPSA) is 42.0 Å². The monoisotopic (exact) mass is 336 g/mol. The Morgan fingerprint density at radius 1 is 1.12 bits per heavy atom. The van der Waals surface area contributed by atoms with E-state index in [9.17, 15) is 18.0 Å². The highest BCUT2D eigenvalue weighted by atomic mass is 19.4. The first-order chi connectivity index (χ1) is 11.0. The van der Waals surface area contributed by atoms with E-state index in [1.165, 1.54) is 18.3 Å². The van der Waals surface area contributed by atoms with Crippen molar-refractivity contribution in [2.45, 2.75) is 39.3 Å². The molecule has 0 bridgehead atoms. The van der Waals surface area contributed by atoms with Crippen LogP contribution in [0.4, 0.5) is 18.9 Å². The van der Waals surface area contributed by atoms with E-state index in [0.29, 0.717) is 5.69 Å². The zero-order valence-corrected chi connectivity index (χ0v) is 14.0. The molecule has 6 heteroatoms. The van der Waals surface area contributed by atoms with Crippen molar-refractivity contribution in [3.05, 3.63) is 58.9 Å². The van der Waals surface area contributed by atoms with E-state index < -0.39 is 17.6 Å². The first kappa shape index (κ1) is 18.0. The van der Waals surface area contributed by atoms with Gasteiger partial charge in [-0.15, -0.1) is 0 Å². The predicted molar refractivity (Wildman–Crippen MR) is 87.1 cm³/mol. The van der Waals surface area contributed by atoms with E-state index >= 15 is 0 Å². The third kappa shape index (κ3) is 4.13. The minimum absolute atomic E-state index is 0.0530. The van der Waals surface area contributed by atoms with Crippen LogP contribution in [0.5, 0.6) is 0 Å². The lowest BCUT2D eigenvalue weighted by molar-refractivity contribution is -0.137. The number of alkyl halides is 3. The van der Waals surface area contributed by atoms with Gasteiger partial charge in [-0.25, -0.2) is 0 Å². The Hall–Kier alpha value is -2.37. The van der Waals surface area contributed by atoms with Crippen LogP contribution >= 0.6 is 0 Å². The van der Waals surface area contributed by atoms with E-state index in [-0.39, 0.29) is 11.0 Å². The van der Waals surface area contributed by atoms with Gasteiger partial charge in [0.1, 0.15) is 0 Å². The number of nitrogens with one attached hydrogen (secondary N) is 1. The number of pyridine rings is 1. The van der Waals surface area contributed by atoms with Crippen LogP contribution in [0.25, 0.3) is 0 Å². The van der Waals surface area contributed by atoms with Crippen molar-refractivity contribution in [1.82, 2.24) is 4.98 Å². The van der Waals surface area contributed by atoms with E-state index in [4.69, 9.17) is 0 Å². The summed E-state index contributed by atoms with van der Waals surface area (Å²) in [6, 6.07) is 6.12. The average Bonchev–Trinajstić information content (AvgIpc) is 2.47. The first-order valence-electron chi connectivity index (χ1n) is 7.44. The molecule has 0 unspecified atom stereocenters. The van der Waals surface area contributed by atoms with Gasteiger partial charge in [0.25, 0.3) is 5.91 Å². The van der Waals surface area contributed by atoms with Gasteiger partial charge in [0.15, 0.2) is 0 Å². The SMILES string of the molecule is Cc1ncc(NC(=O)c2cccc(C(F)(F)F)c2)cc1C(C)(C)C. The Kier molecular flexibility index (Phi) is 4.69. The highest BCUT2D eigenvalue weighted by molar-refractivity contribution is 6.04. The Morgan fingerprint density at radius 2 is 1.79 bits per heavy atom. The minimum atomic E-state index is -4.49. The zero-order chi connectivity index (χ0) is 18.1. The predicted octanol–water partition coefficient (Wildman–Crippen LogP) is 4.96. The molecule has 0 aliphatic rings. The molecule has 0 spiro atoms. The van der Waals surface area contributed by atoms with E-state index in [2.05, 4.69) is 10.3 Å². The number of amides is 1. The second kappa shape index (κ2) is 6.26. The third-order valence-electron chi connectivity index (χ3n) is 3.60. The van der Waals surface area contributed by atoms with E-state index in [1.807, 2.05) is 27.7 Å². The Labute approximate surface area is 138 Å². The first-order valence-corrected chi connectivity index (χ1v) is 7.44.